The highest BCUT2D eigenvalue weighted by atomic mass is 14.8. The lowest BCUT2D eigenvalue weighted by molar-refractivity contribution is 1.26. The zero-order valence-corrected chi connectivity index (χ0v) is 8.51. The third-order valence-corrected chi connectivity index (χ3v) is 3.13. The highest BCUT2D eigenvalue weighted by Gasteiger charge is 2.07. The molecule has 0 unspecified atom stereocenters. The van der Waals surface area contributed by atoms with Gasteiger partial charge in [0.2, 0.25) is 0 Å². The van der Waals surface area contributed by atoms with E-state index in [2.05, 4.69) is 52.4 Å². The first-order valence-corrected chi connectivity index (χ1v) is 5.28. The SMILES string of the molecule is c1cc2ccc3ncnc4ccc(c1)c2c34. The Morgan fingerprint density at radius 1 is 0.625 bits per heavy atom. The first kappa shape index (κ1) is 7.99. The lowest BCUT2D eigenvalue weighted by Gasteiger charge is -2.08. The summed E-state index contributed by atoms with van der Waals surface area (Å²) in [4.78, 5) is 8.64. The molecule has 0 radical (unpaired) electrons. The molecule has 0 spiro atoms. The van der Waals surface area contributed by atoms with Gasteiger partial charge in [0.25, 0.3) is 0 Å². The van der Waals surface area contributed by atoms with Gasteiger partial charge >= 0.3 is 0 Å². The van der Waals surface area contributed by atoms with Crippen molar-refractivity contribution in [3.63, 3.8) is 0 Å². The average Bonchev–Trinajstić information content (AvgIpc) is 2.36. The summed E-state index contributed by atoms with van der Waals surface area (Å²) in [6, 6.07) is 14.7. The second-order valence-electron chi connectivity index (χ2n) is 4.00. The van der Waals surface area contributed by atoms with Crippen LogP contribution >= 0.6 is 0 Å². The van der Waals surface area contributed by atoms with E-state index in [0.29, 0.717) is 0 Å². The summed E-state index contributed by atoms with van der Waals surface area (Å²) in [5, 5.41) is 4.96. The molecule has 2 heteroatoms. The molecule has 0 saturated carbocycles. The number of nitrogens with zero attached hydrogens (tertiary/aromatic N) is 2. The molecule has 2 nitrogen and oxygen atoms in total. The van der Waals surface area contributed by atoms with E-state index >= 15 is 0 Å². The van der Waals surface area contributed by atoms with E-state index in [1.807, 2.05) is 0 Å². The first-order valence-electron chi connectivity index (χ1n) is 5.28. The van der Waals surface area contributed by atoms with Crippen LogP contribution in [-0.2, 0) is 0 Å². The molecule has 0 amide bonds. The largest absolute Gasteiger partial charge is 0.236 e. The van der Waals surface area contributed by atoms with Crippen molar-refractivity contribution in [2.24, 2.45) is 0 Å². The van der Waals surface area contributed by atoms with E-state index < -0.39 is 0 Å². The van der Waals surface area contributed by atoms with Crippen LogP contribution < -0.4 is 0 Å². The normalized spacial score (nSPS) is 11.8. The van der Waals surface area contributed by atoms with Gasteiger partial charge < -0.3 is 0 Å². The van der Waals surface area contributed by atoms with Crippen LogP contribution in [0.3, 0.4) is 0 Å². The Kier molecular flexibility index (Phi) is 1.33. The standard InChI is InChI=1S/C14H8N2/c1-2-9-4-6-11-14-12(16-8-15-11)7-5-10(3-1)13(9)14/h1-8H. The van der Waals surface area contributed by atoms with Gasteiger partial charge in [0, 0.05) is 10.8 Å². The number of rotatable bonds is 0. The van der Waals surface area contributed by atoms with Crippen LogP contribution in [0.2, 0.25) is 0 Å². The van der Waals surface area contributed by atoms with Gasteiger partial charge in [-0.1, -0.05) is 30.3 Å². The molecule has 74 valence electrons. The van der Waals surface area contributed by atoms with Crippen LogP contribution in [0.4, 0.5) is 0 Å². The Labute approximate surface area is 91.9 Å². The molecular formula is C14H8N2. The lowest BCUT2D eigenvalue weighted by Crippen LogP contribution is -1.87. The minimum atomic E-state index is 1.02. The van der Waals surface area contributed by atoms with E-state index in [0.717, 1.165) is 11.0 Å². The van der Waals surface area contributed by atoms with Crippen LogP contribution in [-0.4, -0.2) is 9.97 Å². The van der Waals surface area contributed by atoms with Gasteiger partial charge in [-0.3, -0.25) is 0 Å². The molecule has 4 rings (SSSR count). The number of aromatic nitrogens is 2. The van der Waals surface area contributed by atoms with Gasteiger partial charge in [0.1, 0.15) is 6.33 Å². The second-order valence-corrected chi connectivity index (χ2v) is 4.00. The average molecular weight is 204 g/mol. The Bertz CT molecular complexity index is 675. The molecule has 0 atom stereocenters. The molecule has 0 N–H and O–H groups in total. The number of hydrogen-bond acceptors (Lipinski definition) is 2. The third-order valence-electron chi connectivity index (χ3n) is 3.13. The van der Waals surface area contributed by atoms with Gasteiger partial charge in [0.15, 0.2) is 0 Å². The molecule has 0 aliphatic heterocycles. The fourth-order valence-electron chi connectivity index (χ4n) is 2.42. The Hall–Kier alpha value is -2.22. The van der Waals surface area contributed by atoms with Gasteiger partial charge in [-0.25, -0.2) is 9.97 Å². The van der Waals surface area contributed by atoms with Crippen molar-refractivity contribution >= 4 is 32.6 Å². The Morgan fingerprint density at radius 3 is 1.88 bits per heavy atom. The minimum absolute atomic E-state index is 1.02. The molecular weight excluding hydrogens is 196 g/mol. The van der Waals surface area contributed by atoms with E-state index in [4.69, 9.17) is 0 Å². The predicted molar refractivity (Wildman–Crippen MR) is 65.7 cm³/mol. The molecule has 4 aromatic rings. The zero-order chi connectivity index (χ0) is 10.5. The summed E-state index contributed by atoms with van der Waals surface area (Å²) in [6.07, 6.45) is 1.63. The maximum Gasteiger partial charge on any atom is 0.116 e. The quantitative estimate of drug-likeness (QED) is 0.410. The number of hydrogen-bond donors (Lipinski definition) is 0. The van der Waals surface area contributed by atoms with Crippen molar-refractivity contribution in [2.75, 3.05) is 0 Å². The van der Waals surface area contributed by atoms with Crippen molar-refractivity contribution < 1.29 is 0 Å². The molecule has 0 saturated heterocycles. The maximum absolute atomic E-state index is 4.32. The highest BCUT2D eigenvalue weighted by molar-refractivity contribution is 6.21. The first-order chi connectivity index (χ1) is 7.93. The van der Waals surface area contributed by atoms with Gasteiger partial charge in [-0.05, 0) is 22.9 Å². The van der Waals surface area contributed by atoms with E-state index in [-0.39, 0.29) is 0 Å². The van der Waals surface area contributed by atoms with Crippen molar-refractivity contribution in [1.29, 1.82) is 0 Å². The van der Waals surface area contributed by atoms with Gasteiger partial charge in [0.05, 0.1) is 11.0 Å². The third kappa shape index (κ3) is 0.865. The molecule has 0 fully saturated rings. The minimum Gasteiger partial charge on any atom is -0.236 e. The van der Waals surface area contributed by atoms with Gasteiger partial charge in [-0.2, -0.15) is 0 Å². The van der Waals surface area contributed by atoms with Crippen LogP contribution in [0.15, 0.2) is 48.8 Å². The summed E-state index contributed by atoms with van der Waals surface area (Å²) in [5.74, 6) is 0. The highest BCUT2D eigenvalue weighted by Crippen LogP contribution is 2.31. The second kappa shape index (κ2) is 2.67. The van der Waals surface area contributed by atoms with Crippen LogP contribution in [0, 0.1) is 0 Å². The molecule has 3 aromatic carbocycles. The van der Waals surface area contributed by atoms with Crippen molar-refractivity contribution in [1.82, 2.24) is 9.97 Å². The van der Waals surface area contributed by atoms with E-state index in [1.54, 1.807) is 6.33 Å². The lowest BCUT2D eigenvalue weighted by atomic mass is 9.99. The molecule has 0 aliphatic rings. The summed E-state index contributed by atoms with van der Waals surface area (Å²) >= 11 is 0. The van der Waals surface area contributed by atoms with E-state index in [9.17, 15) is 0 Å². The molecule has 0 aliphatic carbocycles. The molecule has 1 heterocycles. The van der Waals surface area contributed by atoms with Crippen LogP contribution in [0.1, 0.15) is 0 Å². The fourth-order valence-corrected chi connectivity index (χ4v) is 2.42. The van der Waals surface area contributed by atoms with Crippen molar-refractivity contribution in [3.8, 4) is 0 Å². The monoisotopic (exact) mass is 204 g/mol. The van der Waals surface area contributed by atoms with E-state index in [1.165, 1.54) is 21.5 Å². The van der Waals surface area contributed by atoms with Crippen molar-refractivity contribution in [2.45, 2.75) is 0 Å². The summed E-state index contributed by atoms with van der Waals surface area (Å²) in [6.45, 7) is 0. The summed E-state index contributed by atoms with van der Waals surface area (Å²) in [5.41, 5.74) is 2.05. The Morgan fingerprint density at radius 2 is 1.25 bits per heavy atom. The molecule has 0 bridgehead atoms. The topological polar surface area (TPSA) is 25.8 Å². The van der Waals surface area contributed by atoms with Crippen molar-refractivity contribution in [3.05, 3.63) is 48.8 Å². The predicted octanol–water partition coefficient (Wildman–Crippen LogP) is 3.37. The molecule has 1 aromatic heterocycles. The van der Waals surface area contributed by atoms with Gasteiger partial charge in [-0.15, -0.1) is 0 Å². The maximum atomic E-state index is 4.32. The zero-order valence-electron chi connectivity index (χ0n) is 8.51. The van der Waals surface area contributed by atoms with Crippen LogP contribution in [0.5, 0.6) is 0 Å². The summed E-state index contributed by atoms with van der Waals surface area (Å²) < 4.78 is 0. The summed E-state index contributed by atoms with van der Waals surface area (Å²) in [7, 11) is 0. The fraction of sp³-hybridized carbons (Fsp3) is 0. The van der Waals surface area contributed by atoms with Crippen LogP contribution in [0.25, 0.3) is 32.6 Å². The Balaban J connectivity index is 2.51. The smallest absolute Gasteiger partial charge is 0.116 e. The molecule has 16 heavy (non-hydrogen) atoms. The number of benzene rings is 3.